The van der Waals surface area contributed by atoms with Gasteiger partial charge in [-0.15, -0.1) is 0 Å². The van der Waals surface area contributed by atoms with Crippen molar-refractivity contribution in [2.75, 3.05) is 19.0 Å². The van der Waals surface area contributed by atoms with E-state index >= 15 is 0 Å². The molecule has 7 heteroatoms. The number of nitrogens with zero attached hydrogens (tertiary/aromatic N) is 2. The van der Waals surface area contributed by atoms with Gasteiger partial charge in [-0.05, 0) is 0 Å². The molecule has 0 N–H and O–H groups in total. The SMILES string of the molecule is CN(C)c1ncc(C(=O)C(F)(F)F)[se]1. The topological polar surface area (TPSA) is 33.2 Å². The van der Waals surface area contributed by atoms with Crippen molar-refractivity contribution in [3.63, 3.8) is 0 Å². The first-order valence-corrected chi connectivity index (χ1v) is 5.28. The quantitative estimate of drug-likeness (QED) is 0.593. The van der Waals surface area contributed by atoms with E-state index in [4.69, 9.17) is 0 Å². The van der Waals surface area contributed by atoms with Gasteiger partial charge in [0.1, 0.15) is 0 Å². The first-order chi connectivity index (χ1) is 6.32. The first-order valence-electron chi connectivity index (χ1n) is 3.57. The van der Waals surface area contributed by atoms with Gasteiger partial charge in [0.25, 0.3) is 0 Å². The second-order valence-electron chi connectivity index (χ2n) is 2.73. The van der Waals surface area contributed by atoms with Gasteiger partial charge in [0, 0.05) is 0 Å². The normalized spacial score (nSPS) is 11.5. The molecule has 0 fully saturated rings. The molecule has 1 heterocycles. The molecule has 0 aliphatic rings. The van der Waals surface area contributed by atoms with Crippen LogP contribution in [0.25, 0.3) is 0 Å². The van der Waals surface area contributed by atoms with Crippen LogP contribution in [0.3, 0.4) is 0 Å². The molecule has 0 saturated heterocycles. The fourth-order valence-corrected chi connectivity index (χ4v) is 2.39. The van der Waals surface area contributed by atoms with E-state index < -0.39 is 26.5 Å². The Morgan fingerprint density at radius 1 is 1.50 bits per heavy atom. The molecule has 0 spiro atoms. The van der Waals surface area contributed by atoms with E-state index in [1.165, 1.54) is 0 Å². The number of hydrogen-bond acceptors (Lipinski definition) is 3. The summed E-state index contributed by atoms with van der Waals surface area (Å²) in [5.74, 6) is -1.78. The summed E-state index contributed by atoms with van der Waals surface area (Å²) in [7, 11) is 3.35. The molecule has 0 saturated carbocycles. The number of carbonyl (C=O) groups excluding carboxylic acids is 1. The van der Waals surface area contributed by atoms with Gasteiger partial charge in [-0.25, -0.2) is 0 Å². The Balaban J connectivity index is 2.93. The van der Waals surface area contributed by atoms with Gasteiger partial charge in [-0.3, -0.25) is 0 Å². The van der Waals surface area contributed by atoms with E-state index in [2.05, 4.69) is 4.98 Å². The van der Waals surface area contributed by atoms with Crippen molar-refractivity contribution < 1.29 is 18.0 Å². The summed E-state index contributed by atoms with van der Waals surface area (Å²) in [5.41, 5.74) is 0. The van der Waals surface area contributed by atoms with Crippen molar-refractivity contribution in [2.45, 2.75) is 6.18 Å². The van der Waals surface area contributed by atoms with Crippen molar-refractivity contribution in [2.24, 2.45) is 0 Å². The molecule has 0 radical (unpaired) electrons. The van der Waals surface area contributed by atoms with Crippen LogP contribution in [0.15, 0.2) is 6.20 Å². The number of aromatic nitrogens is 1. The van der Waals surface area contributed by atoms with Gasteiger partial charge in [0.15, 0.2) is 0 Å². The van der Waals surface area contributed by atoms with Crippen LogP contribution in [0.4, 0.5) is 17.9 Å². The standard InChI is InChI=1S/C7H7F3N2OSe/c1-12(2)6-11-3-4(14-6)5(13)7(8,9)10/h3H,1-2H3. The minimum absolute atomic E-state index is 0.242. The van der Waals surface area contributed by atoms with E-state index in [-0.39, 0.29) is 4.44 Å². The fourth-order valence-electron chi connectivity index (χ4n) is 0.716. The predicted octanol–water partition coefficient (Wildman–Crippen LogP) is 0.950. The van der Waals surface area contributed by atoms with Crippen LogP contribution < -0.4 is 4.90 Å². The van der Waals surface area contributed by atoms with E-state index in [1.54, 1.807) is 19.0 Å². The minimum atomic E-state index is -4.79. The zero-order valence-corrected chi connectivity index (χ0v) is 9.14. The molecule has 0 aromatic carbocycles. The molecule has 0 unspecified atom stereocenters. The third-order valence-corrected chi connectivity index (χ3v) is 3.80. The first kappa shape index (κ1) is 11.3. The van der Waals surface area contributed by atoms with Gasteiger partial charge < -0.3 is 0 Å². The summed E-state index contributed by atoms with van der Waals surface area (Å²) in [6.45, 7) is 0. The van der Waals surface area contributed by atoms with Crippen molar-refractivity contribution in [3.05, 3.63) is 10.6 Å². The Morgan fingerprint density at radius 3 is 2.43 bits per heavy atom. The van der Waals surface area contributed by atoms with Crippen LogP contribution in [-0.2, 0) is 0 Å². The number of rotatable bonds is 2. The molecule has 3 nitrogen and oxygen atoms in total. The Labute approximate surface area is 84.3 Å². The summed E-state index contributed by atoms with van der Waals surface area (Å²) in [5, 5.41) is 0. The second-order valence-corrected chi connectivity index (χ2v) is 4.85. The van der Waals surface area contributed by atoms with Crippen molar-refractivity contribution in [1.29, 1.82) is 0 Å². The third kappa shape index (κ3) is 2.36. The molecule has 0 aliphatic carbocycles. The number of ketones is 1. The van der Waals surface area contributed by atoms with Crippen LogP contribution in [0.2, 0.25) is 0 Å². The summed E-state index contributed by atoms with van der Waals surface area (Å²) < 4.78 is 36.2. The zero-order valence-electron chi connectivity index (χ0n) is 7.42. The monoisotopic (exact) mass is 272 g/mol. The van der Waals surface area contributed by atoms with Crippen molar-refractivity contribution >= 4 is 25.0 Å². The van der Waals surface area contributed by atoms with Gasteiger partial charge in [-0.2, -0.15) is 0 Å². The molecule has 14 heavy (non-hydrogen) atoms. The second kappa shape index (κ2) is 3.74. The maximum absolute atomic E-state index is 12.0. The van der Waals surface area contributed by atoms with Crippen molar-refractivity contribution in [3.8, 4) is 0 Å². The summed E-state index contributed by atoms with van der Waals surface area (Å²) in [6.07, 6.45) is -3.78. The number of hydrogen-bond donors (Lipinski definition) is 0. The average molecular weight is 271 g/mol. The van der Waals surface area contributed by atoms with Gasteiger partial charge in [0.2, 0.25) is 0 Å². The van der Waals surface area contributed by atoms with Crippen LogP contribution in [-0.4, -0.2) is 45.5 Å². The Kier molecular flexibility index (Phi) is 3.01. The van der Waals surface area contributed by atoms with Crippen LogP contribution >= 0.6 is 0 Å². The van der Waals surface area contributed by atoms with Gasteiger partial charge >= 0.3 is 83.7 Å². The number of anilines is 1. The van der Waals surface area contributed by atoms with E-state index in [9.17, 15) is 18.0 Å². The Hall–Kier alpha value is -0.811. The van der Waals surface area contributed by atoms with E-state index in [0.717, 1.165) is 6.20 Å². The average Bonchev–Trinajstić information content (AvgIpc) is 2.48. The number of halogens is 3. The van der Waals surface area contributed by atoms with Gasteiger partial charge in [-0.1, -0.05) is 0 Å². The molecule has 1 aromatic rings. The van der Waals surface area contributed by atoms with Crippen LogP contribution in [0, 0.1) is 0 Å². The molecular weight excluding hydrogens is 264 g/mol. The zero-order chi connectivity index (χ0) is 10.9. The number of alkyl halides is 3. The molecule has 0 amide bonds. The van der Waals surface area contributed by atoms with Crippen molar-refractivity contribution in [1.82, 2.24) is 4.98 Å². The van der Waals surface area contributed by atoms with E-state index in [1.807, 2.05) is 0 Å². The molecule has 0 atom stereocenters. The van der Waals surface area contributed by atoms with E-state index in [0.29, 0.717) is 4.69 Å². The molecular formula is C7H7F3N2OSe. The van der Waals surface area contributed by atoms with Crippen LogP contribution in [0.5, 0.6) is 0 Å². The molecule has 1 rings (SSSR count). The summed E-state index contributed by atoms with van der Waals surface area (Å²) >= 11 is -0.629. The molecule has 1 aromatic heterocycles. The third-order valence-electron chi connectivity index (χ3n) is 1.36. The fraction of sp³-hybridized carbons (Fsp3) is 0.429. The Morgan fingerprint density at radius 2 is 2.07 bits per heavy atom. The number of carbonyl (C=O) groups is 1. The predicted molar refractivity (Wildman–Crippen MR) is 45.9 cm³/mol. The van der Waals surface area contributed by atoms with Crippen LogP contribution in [0.1, 0.15) is 9.23 Å². The molecule has 0 aliphatic heterocycles. The summed E-state index contributed by atoms with van der Waals surface area (Å²) in [6, 6.07) is 0. The maximum atomic E-state index is 12.0. The van der Waals surface area contributed by atoms with Gasteiger partial charge in [0.05, 0.1) is 0 Å². The Bertz CT molecular complexity index is 345. The number of Topliss-reactive ketones (excluding diaryl/α,β-unsaturated/α-hetero) is 1. The molecule has 78 valence electrons. The molecule has 0 bridgehead atoms. The summed E-state index contributed by atoms with van der Waals surface area (Å²) in [4.78, 5) is 16.1.